The lowest BCUT2D eigenvalue weighted by Gasteiger charge is -2.13. The van der Waals surface area contributed by atoms with Gasteiger partial charge in [-0.3, -0.25) is 4.79 Å². The van der Waals surface area contributed by atoms with Gasteiger partial charge in [0.1, 0.15) is 11.6 Å². The maximum absolute atomic E-state index is 11.1. The van der Waals surface area contributed by atoms with Crippen LogP contribution in [-0.2, 0) is 11.2 Å². The van der Waals surface area contributed by atoms with E-state index in [1.165, 1.54) is 0 Å². The second-order valence-electron chi connectivity index (χ2n) is 3.09. The Kier molecular flexibility index (Phi) is 1.96. The molecule has 14 heavy (non-hydrogen) atoms. The second-order valence-corrected chi connectivity index (χ2v) is 3.09. The summed E-state index contributed by atoms with van der Waals surface area (Å²) in [5.41, 5.74) is 7.34. The molecule has 1 aromatic carbocycles. The number of benzene rings is 1. The predicted octanol–water partition coefficient (Wildman–Crippen LogP) is 0.483. The van der Waals surface area contributed by atoms with Gasteiger partial charge in [-0.15, -0.1) is 0 Å². The van der Waals surface area contributed by atoms with Crippen LogP contribution in [0, 0.1) is 0 Å². The molecule has 2 rings (SSSR count). The third-order valence-electron chi connectivity index (χ3n) is 2.18. The highest BCUT2D eigenvalue weighted by Gasteiger charge is 2.17. The molecule has 0 saturated heterocycles. The number of hydrogen-bond donors (Lipinski definition) is 1. The molecule has 0 fully saturated rings. The number of nitrogens with zero attached hydrogens (tertiary/aromatic N) is 1. The molecule has 4 heteroatoms. The monoisotopic (exact) mass is 190 g/mol. The van der Waals surface area contributed by atoms with Crippen molar-refractivity contribution in [3.63, 3.8) is 0 Å². The van der Waals surface area contributed by atoms with E-state index < -0.39 is 0 Å². The first-order valence-electron chi connectivity index (χ1n) is 4.25. The molecule has 1 aliphatic heterocycles. The van der Waals surface area contributed by atoms with E-state index in [1.807, 2.05) is 12.1 Å². The second kappa shape index (κ2) is 3.14. The Balaban J connectivity index is 2.53. The van der Waals surface area contributed by atoms with Crippen molar-refractivity contribution in [1.82, 2.24) is 0 Å². The van der Waals surface area contributed by atoms with Crippen molar-refractivity contribution in [2.75, 3.05) is 7.11 Å². The number of carbonyl (C=O) groups is 1. The largest absolute Gasteiger partial charge is 0.497 e. The first-order chi connectivity index (χ1) is 6.70. The van der Waals surface area contributed by atoms with E-state index in [1.54, 1.807) is 13.2 Å². The zero-order chi connectivity index (χ0) is 10.1. The van der Waals surface area contributed by atoms with Crippen molar-refractivity contribution >= 4 is 11.7 Å². The van der Waals surface area contributed by atoms with Crippen LogP contribution in [0.4, 0.5) is 0 Å². The number of carbonyl (C=O) groups excluding carboxylic acids is 1. The fraction of sp³-hybridized carbons (Fsp3) is 0.200. The first kappa shape index (κ1) is 8.74. The van der Waals surface area contributed by atoms with Crippen LogP contribution in [0.2, 0.25) is 0 Å². The molecule has 4 nitrogen and oxygen atoms in total. The summed E-state index contributed by atoms with van der Waals surface area (Å²) in [6, 6.07) is 5.44. The normalized spacial score (nSPS) is 14.6. The topological polar surface area (TPSA) is 64.7 Å². The summed E-state index contributed by atoms with van der Waals surface area (Å²) in [6.45, 7) is 0. The van der Waals surface area contributed by atoms with Crippen LogP contribution in [-0.4, -0.2) is 18.9 Å². The number of amidine groups is 1. The Labute approximate surface area is 81.4 Å². The lowest BCUT2D eigenvalue weighted by Crippen LogP contribution is -2.23. The minimum Gasteiger partial charge on any atom is -0.497 e. The molecule has 0 aliphatic carbocycles. The minimum absolute atomic E-state index is 0.194. The first-order valence-corrected chi connectivity index (χ1v) is 4.25. The van der Waals surface area contributed by atoms with E-state index in [-0.39, 0.29) is 11.7 Å². The molecular formula is C10H10N2O2. The van der Waals surface area contributed by atoms with Crippen LogP contribution in [0.5, 0.6) is 5.75 Å². The van der Waals surface area contributed by atoms with E-state index in [9.17, 15) is 4.79 Å². The lowest BCUT2D eigenvalue weighted by atomic mass is 10.0. The third-order valence-corrected chi connectivity index (χ3v) is 2.18. The molecule has 0 atom stereocenters. The lowest BCUT2D eigenvalue weighted by molar-refractivity contribution is -0.117. The van der Waals surface area contributed by atoms with Gasteiger partial charge in [0.2, 0.25) is 0 Å². The SMILES string of the molecule is COc1ccc2c(c1)C(N)=NC(=O)C2. The molecule has 0 bridgehead atoms. The molecule has 0 saturated carbocycles. The number of amides is 1. The van der Waals surface area contributed by atoms with Gasteiger partial charge in [-0.2, -0.15) is 4.99 Å². The molecule has 1 aliphatic rings. The van der Waals surface area contributed by atoms with Crippen LogP contribution in [0.1, 0.15) is 11.1 Å². The summed E-state index contributed by atoms with van der Waals surface area (Å²) in [5.74, 6) is 0.798. The number of nitrogens with two attached hydrogens (primary N) is 1. The van der Waals surface area contributed by atoms with Gasteiger partial charge in [0, 0.05) is 5.56 Å². The summed E-state index contributed by atoms with van der Waals surface area (Å²) in [6.07, 6.45) is 0.319. The van der Waals surface area contributed by atoms with Crippen LogP contribution >= 0.6 is 0 Å². The molecule has 1 aromatic rings. The number of hydrogen-bond acceptors (Lipinski definition) is 3. The number of rotatable bonds is 1. The summed E-state index contributed by atoms with van der Waals surface area (Å²) in [5, 5.41) is 0. The number of aliphatic imine (C=N–C) groups is 1. The number of fused-ring (bicyclic) bond motifs is 1. The van der Waals surface area contributed by atoms with E-state index in [0.717, 1.165) is 16.9 Å². The van der Waals surface area contributed by atoms with Crippen molar-refractivity contribution < 1.29 is 9.53 Å². The van der Waals surface area contributed by atoms with Gasteiger partial charge >= 0.3 is 0 Å². The fourth-order valence-corrected chi connectivity index (χ4v) is 1.47. The molecule has 0 unspecified atom stereocenters. The standard InChI is InChI=1S/C10H10N2O2/c1-14-7-3-2-6-4-9(13)12-10(11)8(6)5-7/h2-3,5H,4H2,1H3,(H2,11,12,13). The van der Waals surface area contributed by atoms with E-state index in [0.29, 0.717) is 6.42 Å². The van der Waals surface area contributed by atoms with Crippen LogP contribution < -0.4 is 10.5 Å². The van der Waals surface area contributed by atoms with Gasteiger partial charge in [-0.1, -0.05) is 6.07 Å². The molecular weight excluding hydrogens is 180 g/mol. The molecule has 72 valence electrons. The molecule has 1 amide bonds. The van der Waals surface area contributed by atoms with Gasteiger partial charge in [0.25, 0.3) is 5.91 Å². The summed E-state index contributed by atoms with van der Waals surface area (Å²) in [4.78, 5) is 14.8. The average molecular weight is 190 g/mol. The summed E-state index contributed by atoms with van der Waals surface area (Å²) < 4.78 is 5.06. The third kappa shape index (κ3) is 1.35. The minimum atomic E-state index is -0.194. The summed E-state index contributed by atoms with van der Waals surface area (Å²) >= 11 is 0. The Morgan fingerprint density at radius 1 is 1.50 bits per heavy atom. The smallest absolute Gasteiger partial charge is 0.252 e. The van der Waals surface area contributed by atoms with Crippen LogP contribution in [0.3, 0.4) is 0 Å². The van der Waals surface area contributed by atoms with E-state index in [4.69, 9.17) is 10.5 Å². The maximum atomic E-state index is 11.1. The molecule has 1 heterocycles. The van der Waals surface area contributed by atoms with Gasteiger partial charge in [0.15, 0.2) is 0 Å². The van der Waals surface area contributed by atoms with Crippen molar-refractivity contribution in [2.24, 2.45) is 10.7 Å². The Bertz CT molecular complexity index is 424. The predicted molar refractivity (Wildman–Crippen MR) is 52.4 cm³/mol. The van der Waals surface area contributed by atoms with Gasteiger partial charge in [-0.05, 0) is 17.7 Å². The number of ether oxygens (including phenoxy) is 1. The van der Waals surface area contributed by atoms with Gasteiger partial charge in [0.05, 0.1) is 13.5 Å². The average Bonchev–Trinajstić information content (AvgIpc) is 2.17. The van der Waals surface area contributed by atoms with Crippen molar-refractivity contribution in [3.8, 4) is 5.75 Å². The summed E-state index contributed by atoms with van der Waals surface area (Å²) in [7, 11) is 1.59. The fourth-order valence-electron chi connectivity index (χ4n) is 1.47. The van der Waals surface area contributed by atoms with Gasteiger partial charge < -0.3 is 10.5 Å². The van der Waals surface area contributed by atoms with Crippen molar-refractivity contribution in [2.45, 2.75) is 6.42 Å². The molecule has 0 spiro atoms. The van der Waals surface area contributed by atoms with Gasteiger partial charge in [-0.25, -0.2) is 0 Å². The Hall–Kier alpha value is -1.84. The molecule has 2 N–H and O–H groups in total. The van der Waals surface area contributed by atoms with E-state index >= 15 is 0 Å². The highest BCUT2D eigenvalue weighted by molar-refractivity contribution is 6.09. The van der Waals surface area contributed by atoms with Crippen LogP contribution in [0.15, 0.2) is 23.2 Å². The molecule has 0 aromatic heterocycles. The Morgan fingerprint density at radius 3 is 3.00 bits per heavy atom. The number of methoxy groups -OCH3 is 1. The Morgan fingerprint density at radius 2 is 2.29 bits per heavy atom. The maximum Gasteiger partial charge on any atom is 0.252 e. The highest BCUT2D eigenvalue weighted by atomic mass is 16.5. The van der Waals surface area contributed by atoms with Crippen LogP contribution in [0.25, 0.3) is 0 Å². The zero-order valence-electron chi connectivity index (χ0n) is 7.78. The zero-order valence-corrected chi connectivity index (χ0v) is 7.78. The highest BCUT2D eigenvalue weighted by Crippen LogP contribution is 2.20. The van der Waals surface area contributed by atoms with Crippen molar-refractivity contribution in [3.05, 3.63) is 29.3 Å². The quantitative estimate of drug-likeness (QED) is 0.700. The van der Waals surface area contributed by atoms with E-state index in [2.05, 4.69) is 4.99 Å². The van der Waals surface area contributed by atoms with Crippen molar-refractivity contribution in [1.29, 1.82) is 0 Å². The molecule has 0 radical (unpaired) electrons.